The molecule has 3 saturated heterocycles. The van der Waals surface area contributed by atoms with Gasteiger partial charge in [-0.1, -0.05) is 56.4 Å². The molecule has 2 aromatic carbocycles. The number of morpholine rings is 2. The SMILES string of the molecule is C1CCCC1.Nc1cccc(-c2ccn3c(N4CCOCC4)cnc3n2)c1.O=C(Nc1cccc(-c2ccn3c(N4CCOCC4)cnc3n2)c1)N1CCCC1. The number of rotatable bonds is 5. The van der Waals surface area contributed by atoms with Gasteiger partial charge in [-0.25, -0.2) is 24.7 Å². The van der Waals surface area contributed by atoms with Crippen LogP contribution in [0.4, 0.5) is 27.8 Å². The minimum Gasteiger partial charge on any atom is -0.399 e. The second kappa shape index (κ2) is 17.8. The van der Waals surface area contributed by atoms with Crippen LogP contribution in [-0.2, 0) is 9.47 Å². The average molecular weight is 758 g/mol. The van der Waals surface area contributed by atoms with Gasteiger partial charge >= 0.3 is 6.03 Å². The van der Waals surface area contributed by atoms with Crippen LogP contribution in [0.2, 0.25) is 0 Å². The van der Waals surface area contributed by atoms with Gasteiger partial charge in [-0.2, -0.15) is 0 Å². The van der Waals surface area contributed by atoms with Crippen molar-refractivity contribution in [1.82, 2.24) is 33.6 Å². The molecule has 292 valence electrons. The molecule has 0 bridgehead atoms. The number of nitrogen functional groups attached to an aromatic ring is 1. The van der Waals surface area contributed by atoms with Crippen molar-refractivity contribution in [2.75, 3.05) is 86.5 Å². The fourth-order valence-electron chi connectivity index (χ4n) is 7.55. The number of hydrogen-bond acceptors (Lipinski definition) is 10. The minimum absolute atomic E-state index is 0.0357. The average Bonchev–Trinajstić information content (AvgIpc) is 4.10. The number of likely N-dealkylation sites (tertiary alicyclic amines) is 1. The van der Waals surface area contributed by atoms with E-state index in [-0.39, 0.29) is 6.03 Å². The fourth-order valence-corrected chi connectivity index (χ4v) is 7.55. The number of carbonyl (C=O) groups excluding carboxylic acids is 1. The van der Waals surface area contributed by atoms with Crippen molar-refractivity contribution in [3.63, 3.8) is 0 Å². The second-order valence-corrected chi connectivity index (χ2v) is 14.5. The summed E-state index contributed by atoms with van der Waals surface area (Å²) in [7, 11) is 0. The largest absolute Gasteiger partial charge is 0.399 e. The van der Waals surface area contributed by atoms with E-state index in [4.69, 9.17) is 20.2 Å². The van der Waals surface area contributed by atoms with E-state index >= 15 is 0 Å². The molecular formula is C42H51N11O3. The molecule has 0 atom stereocenters. The van der Waals surface area contributed by atoms with Gasteiger partial charge in [0.25, 0.3) is 0 Å². The summed E-state index contributed by atoms with van der Waals surface area (Å²) in [5, 5.41) is 3.00. The zero-order valence-corrected chi connectivity index (χ0v) is 31.9. The number of fused-ring (bicyclic) bond motifs is 2. The Bertz CT molecular complexity index is 2210. The van der Waals surface area contributed by atoms with Crippen molar-refractivity contribution in [1.29, 1.82) is 0 Å². The van der Waals surface area contributed by atoms with E-state index in [1.165, 1.54) is 32.1 Å². The van der Waals surface area contributed by atoms with Gasteiger partial charge in [0.15, 0.2) is 0 Å². The Kier molecular flexibility index (Phi) is 11.8. The third kappa shape index (κ3) is 8.87. The highest BCUT2D eigenvalue weighted by Gasteiger charge is 2.20. The number of hydrogen-bond donors (Lipinski definition) is 2. The van der Waals surface area contributed by atoms with Crippen molar-refractivity contribution in [3.05, 3.63) is 85.5 Å². The van der Waals surface area contributed by atoms with Gasteiger partial charge in [-0.3, -0.25) is 8.80 Å². The summed E-state index contributed by atoms with van der Waals surface area (Å²) in [6, 6.07) is 19.5. The van der Waals surface area contributed by atoms with Crippen LogP contribution in [0, 0.1) is 0 Å². The number of benzene rings is 2. The van der Waals surface area contributed by atoms with Gasteiger partial charge in [-0.15, -0.1) is 0 Å². The highest BCUT2D eigenvalue weighted by molar-refractivity contribution is 5.90. The normalized spacial score (nSPS) is 17.0. The molecule has 1 aliphatic carbocycles. The molecule has 6 aromatic rings. The highest BCUT2D eigenvalue weighted by atomic mass is 16.5. The summed E-state index contributed by atoms with van der Waals surface area (Å²) in [6.45, 7) is 8.09. The maximum Gasteiger partial charge on any atom is 0.321 e. The molecule has 56 heavy (non-hydrogen) atoms. The van der Waals surface area contributed by atoms with E-state index in [0.717, 1.165) is 124 Å². The van der Waals surface area contributed by atoms with Crippen LogP contribution in [0.25, 0.3) is 34.1 Å². The van der Waals surface area contributed by atoms with Crippen molar-refractivity contribution in [2.24, 2.45) is 0 Å². The second-order valence-electron chi connectivity index (χ2n) is 14.5. The van der Waals surface area contributed by atoms with Crippen molar-refractivity contribution in [3.8, 4) is 22.5 Å². The molecule has 7 heterocycles. The summed E-state index contributed by atoms with van der Waals surface area (Å²) < 4.78 is 14.9. The molecule has 0 radical (unpaired) electrons. The summed E-state index contributed by atoms with van der Waals surface area (Å²) in [5.41, 5.74) is 11.0. The number of anilines is 4. The molecule has 2 amide bonds. The molecule has 14 heteroatoms. The van der Waals surface area contributed by atoms with E-state index in [1.807, 2.05) is 99.2 Å². The third-order valence-corrected chi connectivity index (χ3v) is 10.6. The van der Waals surface area contributed by atoms with Crippen LogP contribution in [0.3, 0.4) is 0 Å². The van der Waals surface area contributed by atoms with Crippen LogP contribution in [0.5, 0.6) is 0 Å². The molecular weight excluding hydrogens is 707 g/mol. The standard InChI is InChI=1S/C21H24N6O2.C16H17N5O.C5H10/c28-21(26-7-1-2-8-26)23-17-5-3-4-16(14-17)18-6-9-27-19(15-22-20(27)24-18)25-10-12-29-13-11-25;17-13-3-1-2-12(10-13)14-4-5-21-15(11-18-16(21)19-14)20-6-8-22-9-7-20;1-2-4-5-3-1/h3-6,9,14-15H,1-2,7-8,10-13H2,(H,23,28);1-5,10-11H,6-9,17H2;1-5H2. The number of nitrogens with zero attached hydrogens (tertiary/aromatic N) is 9. The Hall–Kier alpha value is -5.73. The van der Waals surface area contributed by atoms with Crippen LogP contribution in [0.15, 0.2) is 85.5 Å². The van der Waals surface area contributed by atoms with Gasteiger partial charge in [0, 0.05) is 74.2 Å². The summed E-state index contributed by atoms with van der Waals surface area (Å²) in [5.74, 6) is 3.45. The highest BCUT2D eigenvalue weighted by Crippen LogP contribution is 2.26. The lowest BCUT2D eigenvalue weighted by Gasteiger charge is -2.27. The lowest BCUT2D eigenvalue weighted by molar-refractivity contribution is 0.122. The molecule has 4 fully saturated rings. The van der Waals surface area contributed by atoms with E-state index < -0.39 is 0 Å². The summed E-state index contributed by atoms with van der Waals surface area (Å²) >= 11 is 0. The molecule has 1 saturated carbocycles. The summed E-state index contributed by atoms with van der Waals surface area (Å²) in [4.78, 5) is 37.1. The van der Waals surface area contributed by atoms with Crippen LogP contribution < -0.4 is 20.9 Å². The molecule has 14 nitrogen and oxygen atoms in total. The monoisotopic (exact) mass is 757 g/mol. The van der Waals surface area contributed by atoms with Gasteiger partial charge in [0.1, 0.15) is 11.6 Å². The lowest BCUT2D eigenvalue weighted by atomic mass is 10.1. The molecule has 4 aliphatic rings. The number of amides is 2. The maximum absolute atomic E-state index is 12.4. The number of urea groups is 1. The van der Waals surface area contributed by atoms with Gasteiger partial charge in [0.2, 0.25) is 11.6 Å². The lowest BCUT2D eigenvalue weighted by Crippen LogP contribution is -2.36. The third-order valence-electron chi connectivity index (χ3n) is 10.6. The van der Waals surface area contributed by atoms with E-state index in [2.05, 4.69) is 30.1 Å². The zero-order chi connectivity index (χ0) is 38.1. The molecule has 0 spiro atoms. The Morgan fingerprint density at radius 3 is 1.62 bits per heavy atom. The maximum atomic E-state index is 12.4. The van der Waals surface area contributed by atoms with Crippen molar-refractivity contribution >= 4 is 40.6 Å². The van der Waals surface area contributed by atoms with Crippen LogP contribution in [-0.4, -0.2) is 105 Å². The molecule has 4 aromatic heterocycles. The number of imidazole rings is 2. The van der Waals surface area contributed by atoms with E-state index in [1.54, 1.807) is 0 Å². The minimum atomic E-state index is -0.0357. The van der Waals surface area contributed by atoms with Crippen molar-refractivity contribution in [2.45, 2.75) is 44.9 Å². The smallest absolute Gasteiger partial charge is 0.321 e. The molecule has 0 unspecified atom stereocenters. The molecule has 10 rings (SSSR count). The van der Waals surface area contributed by atoms with Gasteiger partial charge in [0.05, 0.1) is 50.2 Å². The Morgan fingerprint density at radius 1 is 0.607 bits per heavy atom. The first-order chi connectivity index (χ1) is 27.6. The molecule has 3 N–H and O–H groups in total. The van der Waals surface area contributed by atoms with Crippen LogP contribution >= 0.6 is 0 Å². The summed E-state index contributed by atoms with van der Waals surface area (Å²) in [6.07, 6.45) is 17.4. The predicted molar refractivity (Wildman–Crippen MR) is 220 cm³/mol. The number of aromatic nitrogens is 6. The predicted octanol–water partition coefficient (Wildman–Crippen LogP) is 6.63. The Balaban J connectivity index is 0.000000144. The first-order valence-electron chi connectivity index (χ1n) is 19.9. The van der Waals surface area contributed by atoms with E-state index in [9.17, 15) is 4.79 Å². The first-order valence-corrected chi connectivity index (χ1v) is 19.9. The first kappa shape index (κ1) is 37.2. The van der Waals surface area contributed by atoms with Gasteiger partial charge in [-0.05, 0) is 49.2 Å². The topological polar surface area (TPSA) is 144 Å². The number of ether oxygens (including phenoxy) is 2. The fraction of sp³-hybridized carbons (Fsp3) is 0.405. The number of nitrogens with two attached hydrogens (primary N) is 1. The molecule has 3 aliphatic heterocycles. The number of carbonyl (C=O) groups is 1. The van der Waals surface area contributed by atoms with Crippen molar-refractivity contribution < 1.29 is 14.3 Å². The van der Waals surface area contributed by atoms with Gasteiger partial charge < -0.3 is 35.2 Å². The van der Waals surface area contributed by atoms with E-state index in [0.29, 0.717) is 11.6 Å². The number of nitrogens with one attached hydrogen (secondary N) is 1. The zero-order valence-electron chi connectivity index (χ0n) is 31.9. The van der Waals surface area contributed by atoms with Crippen LogP contribution in [0.1, 0.15) is 44.9 Å². The Morgan fingerprint density at radius 2 is 1.11 bits per heavy atom. The quantitative estimate of drug-likeness (QED) is 0.184. The Labute approximate surface area is 327 Å².